The van der Waals surface area contributed by atoms with Crippen LogP contribution in [0.4, 0.5) is 5.69 Å². The summed E-state index contributed by atoms with van der Waals surface area (Å²) in [7, 11) is 0. The van der Waals surface area contributed by atoms with Crippen LogP contribution in [0.1, 0.15) is 12.8 Å². The van der Waals surface area contributed by atoms with Crippen LogP contribution in [0.15, 0.2) is 84.0 Å². The molecule has 1 saturated heterocycles. The Morgan fingerprint density at radius 2 is 1.56 bits per heavy atom. The van der Waals surface area contributed by atoms with Gasteiger partial charge in [-0.3, -0.25) is 14.0 Å². The van der Waals surface area contributed by atoms with Crippen LogP contribution in [0.3, 0.4) is 0 Å². The van der Waals surface area contributed by atoms with E-state index in [4.69, 9.17) is 9.97 Å². The van der Waals surface area contributed by atoms with Gasteiger partial charge in [0.25, 0.3) is 0 Å². The van der Waals surface area contributed by atoms with Gasteiger partial charge < -0.3 is 10.2 Å². The van der Waals surface area contributed by atoms with Gasteiger partial charge in [-0.2, -0.15) is 0 Å². The number of hydrogen-bond donors (Lipinski definition) is 1. The van der Waals surface area contributed by atoms with Crippen molar-refractivity contribution in [2.75, 3.05) is 24.2 Å². The Labute approximate surface area is 212 Å². The van der Waals surface area contributed by atoms with E-state index in [0.717, 1.165) is 38.4 Å². The number of carbonyl (C=O) groups excluding carboxylic acids is 2. The molecule has 0 saturated carbocycles. The van der Waals surface area contributed by atoms with Crippen molar-refractivity contribution in [2.24, 2.45) is 5.92 Å². The van der Waals surface area contributed by atoms with Gasteiger partial charge in [-0.15, -0.1) is 0 Å². The van der Waals surface area contributed by atoms with E-state index in [2.05, 4.69) is 9.72 Å². The molecule has 1 aliphatic rings. The smallest absolute Gasteiger partial charge is 0.233 e. The predicted octanol–water partition coefficient (Wildman–Crippen LogP) is 5.01. The van der Waals surface area contributed by atoms with Crippen molar-refractivity contribution >= 4 is 56.8 Å². The predicted molar refractivity (Wildman–Crippen MR) is 143 cm³/mol. The Hall–Kier alpha value is -3.91. The molecular formula is C28H25N5O2S. The average molecular weight is 496 g/mol. The zero-order valence-corrected chi connectivity index (χ0v) is 20.4. The Morgan fingerprint density at radius 1 is 0.861 bits per heavy atom. The maximum Gasteiger partial charge on any atom is 0.233 e. The lowest BCUT2D eigenvalue weighted by Gasteiger charge is -2.31. The van der Waals surface area contributed by atoms with Crippen molar-refractivity contribution in [2.45, 2.75) is 18.0 Å². The Kier molecular flexibility index (Phi) is 6.03. The minimum absolute atomic E-state index is 0.0254. The molecule has 2 aromatic heterocycles. The molecule has 0 radical (unpaired) electrons. The first kappa shape index (κ1) is 22.5. The van der Waals surface area contributed by atoms with E-state index in [0.29, 0.717) is 25.9 Å². The van der Waals surface area contributed by atoms with Gasteiger partial charge >= 0.3 is 0 Å². The van der Waals surface area contributed by atoms with E-state index in [1.165, 1.54) is 11.8 Å². The number of thioether (sulfide) groups is 1. The fraction of sp³-hybridized carbons (Fsp3) is 0.214. The lowest BCUT2D eigenvalue weighted by atomic mass is 9.96. The Balaban J connectivity index is 1.15. The number of nitrogens with zero attached hydrogens (tertiary/aromatic N) is 4. The summed E-state index contributed by atoms with van der Waals surface area (Å²) < 4.78 is 2.05. The van der Waals surface area contributed by atoms with Crippen molar-refractivity contribution in [1.29, 1.82) is 0 Å². The highest BCUT2D eigenvalue weighted by Crippen LogP contribution is 2.29. The lowest BCUT2D eigenvalue weighted by molar-refractivity contribution is -0.132. The first-order valence-corrected chi connectivity index (χ1v) is 13.1. The van der Waals surface area contributed by atoms with Gasteiger partial charge in [-0.05, 0) is 49.2 Å². The largest absolute Gasteiger partial charge is 0.342 e. The number of nitrogens with one attached hydrogen (secondary N) is 1. The summed E-state index contributed by atoms with van der Waals surface area (Å²) in [5.41, 5.74) is 4.40. The maximum absolute atomic E-state index is 13.1. The zero-order chi connectivity index (χ0) is 24.5. The molecule has 3 aromatic carbocycles. The molecule has 6 rings (SSSR count). The number of fused-ring (bicyclic) bond motifs is 5. The Morgan fingerprint density at radius 3 is 2.36 bits per heavy atom. The summed E-state index contributed by atoms with van der Waals surface area (Å²) in [6.07, 6.45) is 1.33. The summed E-state index contributed by atoms with van der Waals surface area (Å²) in [6, 6.07) is 25.4. The number of benzene rings is 3. The molecule has 1 fully saturated rings. The Bertz CT molecular complexity index is 1580. The first-order chi connectivity index (χ1) is 17.7. The quantitative estimate of drug-likeness (QED) is 0.274. The molecule has 5 aromatic rings. The van der Waals surface area contributed by atoms with Crippen molar-refractivity contribution in [1.82, 2.24) is 19.3 Å². The normalized spacial score (nSPS) is 14.5. The number of amides is 2. The number of carbonyl (C=O) groups is 2. The number of para-hydroxylation sites is 4. The molecule has 2 amide bonds. The number of likely N-dealkylation sites (tertiary alicyclic amines) is 1. The molecule has 0 spiro atoms. The second-order valence-corrected chi connectivity index (χ2v) is 9.91. The van der Waals surface area contributed by atoms with Crippen molar-refractivity contribution in [3.63, 3.8) is 0 Å². The van der Waals surface area contributed by atoms with Crippen LogP contribution in [0.5, 0.6) is 0 Å². The third kappa shape index (κ3) is 4.28. The summed E-state index contributed by atoms with van der Waals surface area (Å²) in [5.74, 6) is 0.293. The van der Waals surface area contributed by atoms with Gasteiger partial charge in [0.15, 0.2) is 5.16 Å². The summed E-state index contributed by atoms with van der Waals surface area (Å²) in [4.78, 5) is 37.3. The monoisotopic (exact) mass is 495 g/mol. The number of hydrogen-bond acceptors (Lipinski definition) is 5. The fourth-order valence-corrected chi connectivity index (χ4v) is 5.70. The minimum Gasteiger partial charge on any atom is -0.342 e. The van der Waals surface area contributed by atoms with Gasteiger partial charge in [0.1, 0.15) is 5.65 Å². The number of piperidine rings is 1. The van der Waals surface area contributed by atoms with E-state index >= 15 is 0 Å². The average Bonchev–Trinajstić information content (AvgIpc) is 3.32. The van der Waals surface area contributed by atoms with Gasteiger partial charge in [-0.1, -0.05) is 54.2 Å². The van der Waals surface area contributed by atoms with Crippen molar-refractivity contribution < 1.29 is 9.59 Å². The van der Waals surface area contributed by atoms with Crippen LogP contribution in [0.25, 0.3) is 27.6 Å². The van der Waals surface area contributed by atoms with Crippen molar-refractivity contribution in [3.8, 4) is 0 Å². The van der Waals surface area contributed by atoms with Crippen LogP contribution in [-0.2, 0) is 9.59 Å². The van der Waals surface area contributed by atoms with Crippen LogP contribution in [0, 0.1) is 5.92 Å². The molecule has 8 heteroatoms. The summed E-state index contributed by atoms with van der Waals surface area (Å²) >= 11 is 1.44. The molecule has 0 atom stereocenters. The highest BCUT2D eigenvalue weighted by atomic mass is 32.2. The van der Waals surface area contributed by atoms with E-state index < -0.39 is 0 Å². The van der Waals surface area contributed by atoms with E-state index in [1.807, 2.05) is 83.8 Å². The molecular weight excluding hydrogens is 470 g/mol. The minimum atomic E-state index is -0.0824. The van der Waals surface area contributed by atoms with Gasteiger partial charge in [0.05, 0.1) is 22.3 Å². The lowest BCUT2D eigenvalue weighted by Crippen LogP contribution is -2.42. The molecule has 180 valence electrons. The number of anilines is 1. The third-order valence-electron chi connectivity index (χ3n) is 6.70. The van der Waals surface area contributed by atoms with Gasteiger partial charge in [0.2, 0.25) is 11.8 Å². The number of imidazole rings is 1. The topological polar surface area (TPSA) is 79.6 Å². The number of rotatable bonds is 5. The molecule has 0 bridgehead atoms. The second-order valence-electron chi connectivity index (χ2n) is 8.97. The number of aromatic nitrogens is 3. The third-order valence-corrected chi connectivity index (χ3v) is 7.62. The molecule has 7 nitrogen and oxygen atoms in total. The molecule has 36 heavy (non-hydrogen) atoms. The van der Waals surface area contributed by atoms with E-state index in [-0.39, 0.29) is 23.5 Å². The van der Waals surface area contributed by atoms with E-state index in [1.54, 1.807) is 0 Å². The fourth-order valence-electron chi connectivity index (χ4n) is 4.78. The maximum atomic E-state index is 13.1. The SMILES string of the molecule is O=C(Nc1ccccc1)C1CCN(C(=O)CSc2nc3ccccc3c3nc4ccccc4n23)CC1. The standard InChI is InChI=1S/C28H25N5O2S/c34-25(32-16-14-19(15-17-32)27(35)29-20-8-2-1-3-9-20)18-36-28-31-22-11-5-4-10-21(22)26-30-23-12-6-7-13-24(23)33(26)28/h1-13,19H,14-18H2,(H,29,35). The second kappa shape index (κ2) is 9.62. The van der Waals surface area contributed by atoms with Gasteiger partial charge in [-0.25, -0.2) is 9.97 Å². The van der Waals surface area contributed by atoms with Gasteiger partial charge in [0, 0.05) is 30.1 Å². The summed E-state index contributed by atoms with van der Waals surface area (Å²) in [6.45, 7) is 1.17. The molecule has 0 unspecified atom stereocenters. The highest BCUT2D eigenvalue weighted by Gasteiger charge is 2.27. The van der Waals surface area contributed by atoms with Crippen molar-refractivity contribution in [3.05, 3.63) is 78.9 Å². The van der Waals surface area contributed by atoms with Crippen LogP contribution < -0.4 is 5.32 Å². The first-order valence-electron chi connectivity index (χ1n) is 12.1. The molecule has 3 heterocycles. The molecule has 1 aliphatic heterocycles. The molecule has 0 aliphatic carbocycles. The van der Waals surface area contributed by atoms with E-state index in [9.17, 15) is 9.59 Å². The van der Waals surface area contributed by atoms with Crippen LogP contribution in [0.2, 0.25) is 0 Å². The molecule has 1 N–H and O–H groups in total. The van der Waals surface area contributed by atoms with Crippen LogP contribution >= 0.6 is 11.8 Å². The highest BCUT2D eigenvalue weighted by molar-refractivity contribution is 7.99. The summed E-state index contributed by atoms with van der Waals surface area (Å²) in [5, 5.41) is 4.72. The zero-order valence-electron chi connectivity index (χ0n) is 19.6. The van der Waals surface area contributed by atoms with Crippen LogP contribution in [-0.4, -0.2) is 49.9 Å².